The quantitative estimate of drug-likeness (QED) is 0.729. The summed E-state index contributed by atoms with van der Waals surface area (Å²) in [6.45, 7) is 8.60. The van der Waals surface area contributed by atoms with Gasteiger partial charge in [-0.05, 0) is 52.4 Å². The lowest BCUT2D eigenvalue weighted by Crippen LogP contribution is -2.37. The van der Waals surface area contributed by atoms with Crippen molar-refractivity contribution in [3.05, 3.63) is 35.9 Å². The van der Waals surface area contributed by atoms with Crippen molar-refractivity contribution in [3.63, 3.8) is 0 Å². The van der Waals surface area contributed by atoms with E-state index in [4.69, 9.17) is 0 Å². The van der Waals surface area contributed by atoms with E-state index in [1.807, 2.05) is 13.8 Å². The highest BCUT2D eigenvalue weighted by Gasteiger charge is 2.17. The van der Waals surface area contributed by atoms with Gasteiger partial charge in [-0.15, -0.1) is 0 Å². The molecular weight excluding hydrogens is 248 g/mol. The maximum atomic E-state index is 9.85. The smallest absolute Gasteiger partial charge is 0.0718 e. The van der Waals surface area contributed by atoms with Crippen molar-refractivity contribution in [2.45, 2.75) is 45.3 Å². The molecule has 0 spiro atoms. The van der Waals surface area contributed by atoms with E-state index in [9.17, 15) is 5.11 Å². The molecule has 114 valence electrons. The molecule has 1 aromatic carbocycles. The topological polar surface area (TPSA) is 35.5 Å². The molecule has 1 rings (SSSR count). The Bertz CT molecular complexity index is 359. The Morgan fingerprint density at radius 1 is 1.25 bits per heavy atom. The molecule has 20 heavy (non-hydrogen) atoms. The standard InChI is InChI=1S/C17H30N2O/c1-5-12-18-16(15-9-7-6-8-10-15)11-13-19(4)14-17(2,3)20/h6-10,16,18,20H,5,11-14H2,1-4H3. The first kappa shape index (κ1) is 17.2. The molecule has 0 saturated carbocycles. The fraction of sp³-hybridized carbons (Fsp3) is 0.647. The fourth-order valence-corrected chi connectivity index (χ4v) is 2.48. The zero-order valence-electron chi connectivity index (χ0n) is 13.4. The van der Waals surface area contributed by atoms with Gasteiger partial charge in [-0.3, -0.25) is 0 Å². The Labute approximate surface area is 124 Å². The van der Waals surface area contributed by atoms with Gasteiger partial charge in [0.2, 0.25) is 0 Å². The summed E-state index contributed by atoms with van der Waals surface area (Å²) in [6.07, 6.45) is 2.19. The summed E-state index contributed by atoms with van der Waals surface area (Å²) < 4.78 is 0. The molecule has 3 heteroatoms. The van der Waals surface area contributed by atoms with Crippen molar-refractivity contribution in [2.24, 2.45) is 0 Å². The summed E-state index contributed by atoms with van der Waals surface area (Å²) >= 11 is 0. The van der Waals surface area contributed by atoms with Crippen molar-refractivity contribution in [1.29, 1.82) is 0 Å². The Morgan fingerprint density at radius 2 is 1.90 bits per heavy atom. The molecule has 2 N–H and O–H groups in total. The van der Waals surface area contributed by atoms with Crippen LogP contribution in [0.15, 0.2) is 30.3 Å². The van der Waals surface area contributed by atoms with Gasteiger partial charge in [0.15, 0.2) is 0 Å². The third kappa shape index (κ3) is 7.04. The molecule has 0 radical (unpaired) electrons. The summed E-state index contributed by atoms with van der Waals surface area (Å²) in [5.41, 5.74) is 0.714. The first-order valence-electron chi connectivity index (χ1n) is 7.61. The third-order valence-corrected chi connectivity index (χ3v) is 3.30. The first-order valence-corrected chi connectivity index (χ1v) is 7.61. The summed E-state index contributed by atoms with van der Waals surface area (Å²) in [6, 6.07) is 11.0. The van der Waals surface area contributed by atoms with Crippen LogP contribution < -0.4 is 5.32 Å². The minimum Gasteiger partial charge on any atom is -0.389 e. The second-order valence-corrected chi connectivity index (χ2v) is 6.26. The van der Waals surface area contributed by atoms with Crippen molar-refractivity contribution in [2.75, 3.05) is 26.7 Å². The Kier molecular flexibility index (Phi) is 7.20. The van der Waals surface area contributed by atoms with E-state index < -0.39 is 5.60 Å². The largest absolute Gasteiger partial charge is 0.389 e. The van der Waals surface area contributed by atoms with Gasteiger partial charge in [0.1, 0.15) is 0 Å². The van der Waals surface area contributed by atoms with E-state index in [0.717, 1.165) is 25.9 Å². The molecule has 1 unspecified atom stereocenters. The number of nitrogens with one attached hydrogen (secondary N) is 1. The third-order valence-electron chi connectivity index (χ3n) is 3.30. The van der Waals surface area contributed by atoms with E-state index in [-0.39, 0.29) is 0 Å². The highest BCUT2D eigenvalue weighted by atomic mass is 16.3. The molecule has 1 aromatic rings. The predicted molar refractivity (Wildman–Crippen MR) is 85.9 cm³/mol. The minimum atomic E-state index is -0.631. The minimum absolute atomic E-state index is 0.389. The van der Waals surface area contributed by atoms with E-state index in [2.05, 4.69) is 54.5 Å². The number of nitrogens with zero attached hydrogens (tertiary/aromatic N) is 1. The van der Waals surface area contributed by atoms with Gasteiger partial charge in [0.25, 0.3) is 0 Å². The van der Waals surface area contributed by atoms with Crippen LogP contribution in [0.4, 0.5) is 0 Å². The number of rotatable bonds is 9. The summed E-state index contributed by atoms with van der Waals surface area (Å²) in [5.74, 6) is 0. The molecule has 1 atom stereocenters. The van der Waals surface area contributed by atoms with Crippen LogP contribution in [-0.2, 0) is 0 Å². The van der Waals surface area contributed by atoms with Crippen LogP contribution >= 0.6 is 0 Å². The first-order chi connectivity index (χ1) is 9.42. The average molecular weight is 278 g/mol. The maximum absolute atomic E-state index is 9.85. The van der Waals surface area contributed by atoms with Crippen molar-refractivity contribution in [1.82, 2.24) is 10.2 Å². The average Bonchev–Trinajstić information content (AvgIpc) is 2.38. The summed E-state index contributed by atoms with van der Waals surface area (Å²) in [7, 11) is 2.07. The number of hydrogen-bond acceptors (Lipinski definition) is 3. The predicted octanol–water partition coefficient (Wildman–Crippen LogP) is 2.82. The lowest BCUT2D eigenvalue weighted by molar-refractivity contribution is 0.0435. The van der Waals surface area contributed by atoms with Gasteiger partial charge < -0.3 is 15.3 Å². The van der Waals surface area contributed by atoms with E-state index in [0.29, 0.717) is 12.6 Å². The molecular formula is C17H30N2O. The van der Waals surface area contributed by atoms with Crippen molar-refractivity contribution < 1.29 is 5.11 Å². The Balaban J connectivity index is 2.53. The van der Waals surface area contributed by atoms with Gasteiger partial charge >= 0.3 is 0 Å². The van der Waals surface area contributed by atoms with Gasteiger partial charge in [-0.1, -0.05) is 37.3 Å². The maximum Gasteiger partial charge on any atom is 0.0718 e. The molecule has 0 saturated heterocycles. The second-order valence-electron chi connectivity index (χ2n) is 6.26. The number of aliphatic hydroxyl groups is 1. The number of hydrogen-bond donors (Lipinski definition) is 2. The molecule has 0 bridgehead atoms. The Morgan fingerprint density at radius 3 is 2.45 bits per heavy atom. The summed E-state index contributed by atoms with van der Waals surface area (Å²) in [5, 5.41) is 13.5. The number of benzene rings is 1. The van der Waals surface area contributed by atoms with Crippen LogP contribution in [0.2, 0.25) is 0 Å². The molecule has 0 amide bonds. The highest BCUT2D eigenvalue weighted by molar-refractivity contribution is 5.18. The number of likely N-dealkylation sites (N-methyl/N-ethyl adjacent to an activating group) is 1. The van der Waals surface area contributed by atoms with E-state index >= 15 is 0 Å². The van der Waals surface area contributed by atoms with Crippen LogP contribution in [0.3, 0.4) is 0 Å². The van der Waals surface area contributed by atoms with Gasteiger partial charge in [0.05, 0.1) is 5.60 Å². The summed E-state index contributed by atoms with van der Waals surface area (Å²) in [4.78, 5) is 2.20. The monoisotopic (exact) mass is 278 g/mol. The fourth-order valence-electron chi connectivity index (χ4n) is 2.48. The van der Waals surface area contributed by atoms with Crippen LogP contribution in [0.1, 0.15) is 45.2 Å². The lowest BCUT2D eigenvalue weighted by atomic mass is 10.0. The molecule has 0 aliphatic rings. The molecule has 0 heterocycles. The SMILES string of the molecule is CCCNC(CCN(C)CC(C)(C)O)c1ccccc1. The molecule has 3 nitrogen and oxygen atoms in total. The van der Waals surface area contributed by atoms with Gasteiger partial charge in [-0.2, -0.15) is 0 Å². The normalized spacial score (nSPS) is 13.7. The van der Waals surface area contributed by atoms with Crippen LogP contribution in [-0.4, -0.2) is 42.3 Å². The zero-order valence-corrected chi connectivity index (χ0v) is 13.4. The lowest BCUT2D eigenvalue weighted by Gasteiger charge is -2.27. The zero-order chi connectivity index (χ0) is 15.0. The van der Waals surface area contributed by atoms with Gasteiger partial charge in [0, 0.05) is 12.6 Å². The highest BCUT2D eigenvalue weighted by Crippen LogP contribution is 2.17. The second kappa shape index (κ2) is 8.40. The van der Waals surface area contributed by atoms with E-state index in [1.165, 1.54) is 5.56 Å². The van der Waals surface area contributed by atoms with E-state index in [1.54, 1.807) is 0 Å². The van der Waals surface area contributed by atoms with Crippen LogP contribution in [0.5, 0.6) is 0 Å². The van der Waals surface area contributed by atoms with Gasteiger partial charge in [-0.25, -0.2) is 0 Å². The van der Waals surface area contributed by atoms with Crippen LogP contribution in [0, 0.1) is 0 Å². The molecule has 0 aliphatic carbocycles. The molecule has 0 aliphatic heterocycles. The molecule has 0 fully saturated rings. The van der Waals surface area contributed by atoms with Crippen LogP contribution in [0.25, 0.3) is 0 Å². The molecule has 0 aromatic heterocycles. The Hall–Kier alpha value is -0.900. The van der Waals surface area contributed by atoms with Crippen molar-refractivity contribution >= 4 is 0 Å². The van der Waals surface area contributed by atoms with Crippen molar-refractivity contribution in [3.8, 4) is 0 Å².